The zero-order chi connectivity index (χ0) is 17.8. The number of rotatable bonds is 6. The van der Waals surface area contributed by atoms with E-state index in [9.17, 15) is 0 Å². The Bertz CT molecular complexity index is 538. The largest absolute Gasteiger partial charge is 0.296 e. The summed E-state index contributed by atoms with van der Waals surface area (Å²) in [5.41, 5.74) is 1.04. The van der Waals surface area contributed by atoms with Crippen molar-refractivity contribution in [3.8, 4) is 11.8 Å². The molecule has 3 atom stereocenters. The fourth-order valence-corrected chi connectivity index (χ4v) is 2.89. The van der Waals surface area contributed by atoms with E-state index in [4.69, 9.17) is 0 Å². The topological polar surface area (TPSA) is 3.24 Å². The minimum Gasteiger partial charge on any atom is -0.296 e. The normalized spacial score (nSPS) is 22.3. The van der Waals surface area contributed by atoms with Crippen molar-refractivity contribution in [2.24, 2.45) is 11.8 Å². The van der Waals surface area contributed by atoms with E-state index in [0.717, 1.165) is 30.9 Å². The van der Waals surface area contributed by atoms with Gasteiger partial charge in [-0.3, -0.25) is 4.90 Å². The van der Waals surface area contributed by atoms with Gasteiger partial charge in [-0.25, -0.2) is 0 Å². The van der Waals surface area contributed by atoms with Crippen molar-refractivity contribution >= 4 is 0 Å². The third kappa shape index (κ3) is 7.66. The summed E-state index contributed by atoms with van der Waals surface area (Å²) in [5.74, 6) is 7.64. The summed E-state index contributed by atoms with van der Waals surface area (Å²) in [6.45, 7) is 13.6. The van der Waals surface area contributed by atoms with E-state index >= 15 is 0 Å². The molecular formula is C23H33N. The zero-order valence-corrected chi connectivity index (χ0v) is 15.7. The Morgan fingerprint density at radius 1 is 1.38 bits per heavy atom. The number of allylic oxidation sites excluding steroid dienone is 5. The van der Waals surface area contributed by atoms with Crippen molar-refractivity contribution in [1.29, 1.82) is 0 Å². The Labute approximate surface area is 149 Å². The lowest BCUT2D eigenvalue weighted by atomic mass is 9.95. The second kappa shape index (κ2) is 11.7. The fourth-order valence-electron chi connectivity index (χ4n) is 2.89. The summed E-state index contributed by atoms with van der Waals surface area (Å²) in [7, 11) is 2.11. The van der Waals surface area contributed by atoms with Crippen molar-refractivity contribution in [3.63, 3.8) is 0 Å². The molecule has 130 valence electrons. The van der Waals surface area contributed by atoms with Crippen molar-refractivity contribution < 1.29 is 0 Å². The lowest BCUT2D eigenvalue weighted by molar-refractivity contribution is 0.313. The fraction of sp³-hybridized carbons (Fsp3) is 0.478. The van der Waals surface area contributed by atoms with Crippen LogP contribution < -0.4 is 0 Å². The minimum atomic E-state index is 0.179. The van der Waals surface area contributed by atoms with Gasteiger partial charge in [0.2, 0.25) is 0 Å². The maximum absolute atomic E-state index is 4.17. The molecule has 24 heavy (non-hydrogen) atoms. The van der Waals surface area contributed by atoms with E-state index in [1.807, 2.05) is 18.2 Å². The van der Waals surface area contributed by atoms with Crippen LogP contribution in [0.15, 0.2) is 61.3 Å². The highest BCUT2D eigenvalue weighted by atomic mass is 15.1. The van der Waals surface area contributed by atoms with Crippen LogP contribution in [0.5, 0.6) is 0 Å². The molecule has 0 aromatic rings. The van der Waals surface area contributed by atoms with Crippen LogP contribution >= 0.6 is 0 Å². The van der Waals surface area contributed by atoms with Crippen LogP contribution in [-0.4, -0.2) is 24.5 Å². The first kappa shape index (κ1) is 20.3. The third-order valence-electron chi connectivity index (χ3n) is 4.40. The Balaban J connectivity index is 2.63. The molecule has 1 aliphatic carbocycles. The highest BCUT2D eigenvalue weighted by Gasteiger charge is 2.11. The average Bonchev–Trinajstić information content (AvgIpc) is 2.65. The Morgan fingerprint density at radius 3 is 2.88 bits per heavy atom. The maximum Gasteiger partial charge on any atom is 0.0520 e. The van der Waals surface area contributed by atoms with Crippen LogP contribution in [-0.2, 0) is 0 Å². The molecule has 0 aromatic carbocycles. The first-order chi connectivity index (χ1) is 11.6. The van der Waals surface area contributed by atoms with Gasteiger partial charge in [0, 0.05) is 5.92 Å². The quantitative estimate of drug-likeness (QED) is 0.352. The molecule has 0 spiro atoms. The van der Waals surface area contributed by atoms with E-state index in [2.05, 4.69) is 75.1 Å². The second-order valence-electron chi connectivity index (χ2n) is 6.70. The zero-order valence-electron chi connectivity index (χ0n) is 15.7. The lowest BCUT2D eigenvalue weighted by Gasteiger charge is -2.25. The lowest BCUT2D eigenvalue weighted by Crippen LogP contribution is -2.31. The summed E-state index contributed by atoms with van der Waals surface area (Å²) in [6.07, 6.45) is 19.3. The molecule has 0 saturated carbocycles. The molecule has 0 aliphatic heterocycles. The van der Waals surface area contributed by atoms with Crippen LogP contribution in [0.3, 0.4) is 0 Å². The molecule has 0 heterocycles. The van der Waals surface area contributed by atoms with Crippen molar-refractivity contribution in [2.45, 2.75) is 45.6 Å². The molecule has 1 rings (SSSR count). The van der Waals surface area contributed by atoms with Gasteiger partial charge in [-0.15, -0.1) is 6.58 Å². The van der Waals surface area contributed by atoms with E-state index in [-0.39, 0.29) is 6.04 Å². The second-order valence-corrected chi connectivity index (χ2v) is 6.70. The van der Waals surface area contributed by atoms with Gasteiger partial charge in [-0.1, -0.05) is 62.6 Å². The molecule has 0 fully saturated rings. The molecule has 1 nitrogen and oxygen atoms in total. The van der Waals surface area contributed by atoms with Crippen molar-refractivity contribution in [3.05, 3.63) is 61.3 Å². The average molecular weight is 324 g/mol. The highest BCUT2D eigenvalue weighted by molar-refractivity contribution is 5.31. The van der Waals surface area contributed by atoms with Gasteiger partial charge < -0.3 is 0 Å². The van der Waals surface area contributed by atoms with Crippen molar-refractivity contribution in [2.75, 3.05) is 13.6 Å². The highest BCUT2D eigenvalue weighted by Crippen LogP contribution is 2.18. The molecule has 0 bridgehead atoms. The van der Waals surface area contributed by atoms with E-state index in [1.54, 1.807) is 0 Å². The number of hydrogen-bond acceptors (Lipinski definition) is 1. The molecule has 0 radical (unpaired) electrons. The predicted octanol–water partition coefficient (Wildman–Crippen LogP) is 5.55. The summed E-state index contributed by atoms with van der Waals surface area (Å²) in [5, 5.41) is 0. The van der Waals surface area contributed by atoms with Crippen molar-refractivity contribution in [1.82, 2.24) is 4.90 Å². The maximum atomic E-state index is 4.17. The molecule has 1 aliphatic rings. The Kier molecular flexibility index (Phi) is 9.89. The summed E-state index contributed by atoms with van der Waals surface area (Å²) < 4.78 is 0. The standard InChI is InChI=1S/C23H33N/c1-6-19-24(5)23(7-2)21(4)14-11-12-16-22-15-10-8-9-13-20(3)17-18-22/h7-11,14-15,20,22-23H,2,4,6,13,17-19H2,1,3,5H3. The van der Waals surface area contributed by atoms with Gasteiger partial charge in [0.25, 0.3) is 0 Å². The smallest absolute Gasteiger partial charge is 0.0520 e. The Hall–Kier alpha value is -1.78. The van der Waals surface area contributed by atoms with Crippen LogP contribution in [0.1, 0.15) is 39.5 Å². The molecule has 3 unspecified atom stereocenters. The first-order valence-corrected chi connectivity index (χ1v) is 9.11. The van der Waals surface area contributed by atoms with Gasteiger partial charge in [-0.05, 0) is 62.9 Å². The van der Waals surface area contributed by atoms with Gasteiger partial charge >= 0.3 is 0 Å². The van der Waals surface area contributed by atoms with Gasteiger partial charge in [0.1, 0.15) is 0 Å². The number of nitrogens with zero attached hydrogens (tertiary/aromatic N) is 1. The first-order valence-electron chi connectivity index (χ1n) is 9.11. The third-order valence-corrected chi connectivity index (χ3v) is 4.40. The number of hydrogen-bond donors (Lipinski definition) is 0. The number of likely N-dealkylation sites (N-methyl/N-ethyl adjacent to an activating group) is 1. The minimum absolute atomic E-state index is 0.179. The van der Waals surface area contributed by atoms with Gasteiger partial charge in [-0.2, -0.15) is 0 Å². The molecule has 1 heteroatoms. The Morgan fingerprint density at radius 2 is 2.17 bits per heavy atom. The van der Waals surface area contributed by atoms with E-state index < -0.39 is 0 Å². The van der Waals surface area contributed by atoms with Crippen LogP contribution in [0.4, 0.5) is 0 Å². The summed E-state index contributed by atoms with van der Waals surface area (Å²) in [6, 6.07) is 0.179. The van der Waals surface area contributed by atoms with Crippen LogP contribution in [0.25, 0.3) is 0 Å². The molecule has 0 saturated heterocycles. The van der Waals surface area contributed by atoms with E-state index in [1.165, 1.54) is 12.8 Å². The van der Waals surface area contributed by atoms with Crippen LogP contribution in [0.2, 0.25) is 0 Å². The van der Waals surface area contributed by atoms with Gasteiger partial charge in [0.05, 0.1) is 6.04 Å². The molecule has 0 N–H and O–H groups in total. The summed E-state index contributed by atoms with van der Waals surface area (Å²) >= 11 is 0. The van der Waals surface area contributed by atoms with Crippen LogP contribution in [0, 0.1) is 23.7 Å². The predicted molar refractivity (Wildman–Crippen MR) is 108 cm³/mol. The molecule has 0 amide bonds. The van der Waals surface area contributed by atoms with E-state index in [0.29, 0.717) is 5.92 Å². The SMILES string of the molecule is C=CC(C(=C)C=CC#CC1C=CC=CCC(C)CC1)N(C)CCC. The molecular weight excluding hydrogens is 290 g/mol. The van der Waals surface area contributed by atoms with Gasteiger partial charge in [0.15, 0.2) is 0 Å². The molecule has 0 aromatic heterocycles. The summed E-state index contributed by atoms with van der Waals surface area (Å²) in [4.78, 5) is 2.27. The monoisotopic (exact) mass is 323 g/mol.